The Morgan fingerprint density at radius 2 is 1.61 bits per heavy atom. The number of benzene rings is 2. The summed E-state index contributed by atoms with van der Waals surface area (Å²) < 4.78 is 0. The van der Waals surface area contributed by atoms with Crippen LogP contribution in [0.15, 0.2) is 42.5 Å². The second kappa shape index (κ2) is 5.26. The van der Waals surface area contributed by atoms with E-state index >= 15 is 0 Å². The zero-order valence-corrected chi connectivity index (χ0v) is 11.6. The van der Waals surface area contributed by atoms with Gasteiger partial charge in [-0.2, -0.15) is 0 Å². The molecule has 18 heavy (non-hydrogen) atoms. The number of hydrogen-bond acceptors (Lipinski definition) is 1. The summed E-state index contributed by atoms with van der Waals surface area (Å²) in [4.78, 5) is 0. The summed E-state index contributed by atoms with van der Waals surface area (Å²) in [6.07, 6.45) is 0. The van der Waals surface area contributed by atoms with E-state index in [0.717, 1.165) is 0 Å². The average molecular weight is 239 g/mol. The first-order chi connectivity index (χ1) is 8.56. The average Bonchev–Trinajstić information content (AvgIpc) is 2.32. The predicted octanol–water partition coefficient (Wildman–Crippen LogP) is 4.78. The third kappa shape index (κ3) is 2.92. The molecule has 0 radical (unpaired) electrons. The molecule has 1 heteroatoms. The minimum atomic E-state index is 0.326. The normalized spacial score (nSPS) is 12.2. The fraction of sp³-hybridized carbons (Fsp3) is 0.294. The van der Waals surface area contributed by atoms with Crippen LogP contribution in [-0.2, 0) is 0 Å². The van der Waals surface area contributed by atoms with Crippen LogP contribution in [0.3, 0.4) is 0 Å². The van der Waals surface area contributed by atoms with Gasteiger partial charge in [-0.3, -0.25) is 0 Å². The van der Waals surface area contributed by atoms with Gasteiger partial charge >= 0.3 is 0 Å². The van der Waals surface area contributed by atoms with Gasteiger partial charge in [0.25, 0.3) is 0 Å². The maximum Gasteiger partial charge on any atom is 0.0488 e. The first kappa shape index (κ1) is 12.7. The number of nitrogens with one attached hydrogen (secondary N) is 1. The van der Waals surface area contributed by atoms with Crippen molar-refractivity contribution in [3.05, 3.63) is 64.7 Å². The molecule has 0 aliphatic heterocycles. The molecule has 2 rings (SSSR count). The van der Waals surface area contributed by atoms with Crippen molar-refractivity contribution in [2.75, 3.05) is 5.32 Å². The molecule has 1 nitrogen and oxygen atoms in total. The quantitative estimate of drug-likeness (QED) is 0.812. The summed E-state index contributed by atoms with van der Waals surface area (Å²) in [5, 5.41) is 3.57. The first-order valence-electron chi connectivity index (χ1n) is 6.46. The van der Waals surface area contributed by atoms with E-state index in [1.165, 1.54) is 27.9 Å². The van der Waals surface area contributed by atoms with E-state index in [4.69, 9.17) is 0 Å². The summed E-state index contributed by atoms with van der Waals surface area (Å²) in [6.45, 7) is 8.64. The molecule has 1 unspecified atom stereocenters. The molecule has 2 aromatic carbocycles. The highest BCUT2D eigenvalue weighted by atomic mass is 14.9. The maximum atomic E-state index is 3.57. The Morgan fingerprint density at radius 3 is 2.33 bits per heavy atom. The van der Waals surface area contributed by atoms with Crippen LogP contribution < -0.4 is 5.32 Å². The van der Waals surface area contributed by atoms with Gasteiger partial charge < -0.3 is 5.32 Å². The fourth-order valence-electron chi connectivity index (χ4n) is 2.29. The van der Waals surface area contributed by atoms with Crippen LogP contribution in [-0.4, -0.2) is 0 Å². The van der Waals surface area contributed by atoms with Gasteiger partial charge in [-0.05, 0) is 56.5 Å². The summed E-state index contributed by atoms with van der Waals surface area (Å²) in [7, 11) is 0. The van der Waals surface area contributed by atoms with Crippen LogP contribution in [0.2, 0.25) is 0 Å². The molecule has 0 spiro atoms. The van der Waals surface area contributed by atoms with Gasteiger partial charge in [0.1, 0.15) is 0 Å². The predicted molar refractivity (Wildman–Crippen MR) is 79.1 cm³/mol. The number of anilines is 1. The standard InChI is InChI=1S/C17H21N/c1-12-6-5-7-16(10-12)18-15(4)17-11-13(2)8-9-14(17)3/h5-11,15,18H,1-4H3. The van der Waals surface area contributed by atoms with Gasteiger partial charge in [-0.1, -0.05) is 35.9 Å². The van der Waals surface area contributed by atoms with Gasteiger partial charge in [0.2, 0.25) is 0 Å². The van der Waals surface area contributed by atoms with Crippen molar-refractivity contribution < 1.29 is 0 Å². The van der Waals surface area contributed by atoms with E-state index in [9.17, 15) is 0 Å². The Kier molecular flexibility index (Phi) is 3.71. The lowest BCUT2D eigenvalue weighted by atomic mass is 10.00. The molecule has 0 heterocycles. The molecule has 2 aromatic rings. The van der Waals surface area contributed by atoms with Gasteiger partial charge in [-0.25, -0.2) is 0 Å². The van der Waals surface area contributed by atoms with Gasteiger partial charge in [0, 0.05) is 11.7 Å². The van der Waals surface area contributed by atoms with E-state index in [-0.39, 0.29) is 0 Å². The summed E-state index contributed by atoms with van der Waals surface area (Å²) in [5.41, 5.74) is 6.50. The Hall–Kier alpha value is -1.76. The van der Waals surface area contributed by atoms with Crippen LogP contribution in [0.5, 0.6) is 0 Å². The van der Waals surface area contributed by atoms with Crippen molar-refractivity contribution in [3.63, 3.8) is 0 Å². The molecular formula is C17H21N. The lowest BCUT2D eigenvalue weighted by Gasteiger charge is -2.18. The number of aryl methyl sites for hydroxylation is 3. The second-order valence-electron chi connectivity index (χ2n) is 5.10. The SMILES string of the molecule is Cc1cccc(NC(C)c2cc(C)ccc2C)c1. The van der Waals surface area contributed by atoms with E-state index in [1.54, 1.807) is 0 Å². The summed E-state index contributed by atoms with van der Waals surface area (Å²) in [6, 6.07) is 15.5. The van der Waals surface area contributed by atoms with Crippen molar-refractivity contribution in [3.8, 4) is 0 Å². The van der Waals surface area contributed by atoms with Crippen molar-refractivity contribution >= 4 is 5.69 Å². The van der Waals surface area contributed by atoms with Gasteiger partial charge in [0.15, 0.2) is 0 Å². The van der Waals surface area contributed by atoms with E-state index in [0.29, 0.717) is 6.04 Å². The van der Waals surface area contributed by atoms with Crippen LogP contribution in [0.1, 0.15) is 35.2 Å². The zero-order valence-electron chi connectivity index (χ0n) is 11.6. The monoisotopic (exact) mass is 239 g/mol. The topological polar surface area (TPSA) is 12.0 Å². The third-order valence-electron chi connectivity index (χ3n) is 3.30. The maximum absolute atomic E-state index is 3.57. The highest BCUT2D eigenvalue weighted by Crippen LogP contribution is 2.23. The molecule has 94 valence electrons. The van der Waals surface area contributed by atoms with Crippen molar-refractivity contribution in [2.45, 2.75) is 33.7 Å². The van der Waals surface area contributed by atoms with Gasteiger partial charge in [-0.15, -0.1) is 0 Å². The van der Waals surface area contributed by atoms with Crippen molar-refractivity contribution in [1.82, 2.24) is 0 Å². The molecule has 0 amide bonds. The number of rotatable bonds is 3. The van der Waals surface area contributed by atoms with Gasteiger partial charge in [0.05, 0.1) is 0 Å². The first-order valence-corrected chi connectivity index (χ1v) is 6.46. The Morgan fingerprint density at radius 1 is 0.889 bits per heavy atom. The molecule has 0 fully saturated rings. The molecule has 0 aromatic heterocycles. The molecule has 1 N–H and O–H groups in total. The molecule has 0 saturated heterocycles. The lowest BCUT2D eigenvalue weighted by molar-refractivity contribution is 0.872. The minimum Gasteiger partial charge on any atom is -0.379 e. The zero-order chi connectivity index (χ0) is 13.1. The van der Waals surface area contributed by atoms with Crippen LogP contribution in [0.4, 0.5) is 5.69 Å². The van der Waals surface area contributed by atoms with Crippen LogP contribution in [0, 0.1) is 20.8 Å². The molecule has 1 atom stereocenters. The van der Waals surface area contributed by atoms with E-state index in [2.05, 4.69) is 75.5 Å². The van der Waals surface area contributed by atoms with E-state index in [1.807, 2.05) is 0 Å². The van der Waals surface area contributed by atoms with Crippen LogP contribution >= 0.6 is 0 Å². The second-order valence-corrected chi connectivity index (χ2v) is 5.10. The lowest BCUT2D eigenvalue weighted by Crippen LogP contribution is -2.08. The van der Waals surface area contributed by atoms with Crippen molar-refractivity contribution in [2.24, 2.45) is 0 Å². The fourth-order valence-corrected chi connectivity index (χ4v) is 2.29. The number of hydrogen-bond donors (Lipinski definition) is 1. The third-order valence-corrected chi connectivity index (χ3v) is 3.30. The Balaban J connectivity index is 2.21. The Labute approximate surface area is 110 Å². The smallest absolute Gasteiger partial charge is 0.0488 e. The Bertz CT molecular complexity index is 543. The largest absolute Gasteiger partial charge is 0.379 e. The molecule has 0 aliphatic carbocycles. The summed E-state index contributed by atoms with van der Waals surface area (Å²) in [5.74, 6) is 0. The molecule has 0 bridgehead atoms. The highest BCUT2D eigenvalue weighted by Gasteiger charge is 2.08. The highest BCUT2D eigenvalue weighted by molar-refractivity contribution is 5.48. The summed E-state index contributed by atoms with van der Waals surface area (Å²) >= 11 is 0. The van der Waals surface area contributed by atoms with Crippen LogP contribution in [0.25, 0.3) is 0 Å². The van der Waals surface area contributed by atoms with Crippen molar-refractivity contribution in [1.29, 1.82) is 0 Å². The minimum absolute atomic E-state index is 0.326. The molecule has 0 aliphatic rings. The molecular weight excluding hydrogens is 218 g/mol. The van der Waals surface area contributed by atoms with E-state index < -0.39 is 0 Å². The molecule has 0 saturated carbocycles.